The molecule has 0 atom stereocenters. The Morgan fingerprint density at radius 3 is 2.15 bits per heavy atom. The number of carbonyl (C=O) groups excluding carboxylic acids is 2. The van der Waals surface area contributed by atoms with Crippen molar-refractivity contribution in [2.24, 2.45) is 0 Å². The third-order valence-corrected chi connectivity index (χ3v) is 3.16. The average molecular weight is 282 g/mol. The van der Waals surface area contributed by atoms with Crippen molar-refractivity contribution in [3.8, 4) is 0 Å². The minimum Gasteiger partial charge on any atom is -0.359 e. The first kappa shape index (κ1) is 16.3. The maximum absolute atomic E-state index is 12.0. The molecule has 6 heteroatoms. The molecule has 0 aliphatic carbocycles. The first-order chi connectivity index (χ1) is 9.61. The van der Waals surface area contributed by atoms with Crippen LogP contribution in [0.25, 0.3) is 0 Å². The van der Waals surface area contributed by atoms with Gasteiger partial charge in [0.15, 0.2) is 0 Å². The van der Waals surface area contributed by atoms with E-state index in [4.69, 9.17) is 0 Å². The van der Waals surface area contributed by atoms with Crippen LogP contribution < -0.4 is 4.90 Å². The highest BCUT2D eigenvalue weighted by molar-refractivity contribution is 6.05. The standard InChI is InChI=1S/C14H22N2O4/c1-3-5-7-9-11(17)13-14(16(19)20-15-13)12(18)10-8-6-4-2/h3-10H2,1-2H3. The van der Waals surface area contributed by atoms with E-state index in [1.165, 1.54) is 0 Å². The molecule has 0 unspecified atom stereocenters. The van der Waals surface area contributed by atoms with E-state index in [1.807, 2.05) is 13.8 Å². The first-order valence-electron chi connectivity index (χ1n) is 7.27. The monoisotopic (exact) mass is 282 g/mol. The Morgan fingerprint density at radius 1 is 1.05 bits per heavy atom. The third-order valence-electron chi connectivity index (χ3n) is 3.16. The van der Waals surface area contributed by atoms with Gasteiger partial charge in [0.2, 0.25) is 11.6 Å². The van der Waals surface area contributed by atoms with Gasteiger partial charge in [-0.15, -0.1) is 0 Å². The summed E-state index contributed by atoms with van der Waals surface area (Å²) in [4.78, 5) is 24.0. The van der Waals surface area contributed by atoms with Crippen molar-refractivity contribution < 1.29 is 19.1 Å². The van der Waals surface area contributed by atoms with E-state index in [9.17, 15) is 14.8 Å². The molecule has 112 valence electrons. The zero-order valence-corrected chi connectivity index (χ0v) is 12.2. The van der Waals surface area contributed by atoms with Gasteiger partial charge in [0.05, 0.1) is 5.16 Å². The molecular weight excluding hydrogens is 260 g/mol. The van der Waals surface area contributed by atoms with Crippen molar-refractivity contribution in [2.45, 2.75) is 65.2 Å². The van der Waals surface area contributed by atoms with E-state index in [2.05, 4.69) is 9.79 Å². The van der Waals surface area contributed by atoms with Crippen molar-refractivity contribution in [1.82, 2.24) is 5.16 Å². The molecule has 1 aromatic heterocycles. The molecule has 1 heterocycles. The number of Topliss-reactive ketones (excluding diaryl/α,β-unsaturated/α-hetero) is 2. The summed E-state index contributed by atoms with van der Waals surface area (Å²) in [5.74, 6) is -0.663. The zero-order valence-electron chi connectivity index (χ0n) is 12.2. The second-order valence-corrected chi connectivity index (χ2v) is 4.89. The lowest BCUT2D eigenvalue weighted by molar-refractivity contribution is -0.803. The van der Waals surface area contributed by atoms with Crippen LogP contribution in [0.4, 0.5) is 0 Å². The highest BCUT2D eigenvalue weighted by Crippen LogP contribution is 2.12. The minimum atomic E-state index is -0.367. The third kappa shape index (κ3) is 4.43. The zero-order chi connectivity index (χ0) is 15.0. The number of unbranched alkanes of at least 4 members (excludes halogenated alkanes) is 4. The van der Waals surface area contributed by atoms with E-state index in [-0.39, 0.29) is 40.7 Å². The smallest absolute Gasteiger partial charge is 0.294 e. The summed E-state index contributed by atoms with van der Waals surface area (Å²) in [6.45, 7) is 4.06. The van der Waals surface area contributed by atoms with E-state index in [1.54, 1.807) is 0 Å². The van der Waals surface area contributed by atoms with Gasteiger partial charge >= 0.3 is 0 Å². The average Bonchev–Trinajstić information content (AvgIpc) is 2.81. The maximum Gasteiger partial charge on any atom is 0.294 e. The topological polar surface area (TPSA) is 87.1 Å². The van der Waals surface area contributed by atoms with Crippen LogP contribution >= 0.6 is 0 Å². The summed E-state index contributed by atoms with van der Waals surface area (Å²) in [7, 11) is 0. The fourth-order valence-corrected chi connectivity index (χ4v) is 1.97. The molecule has 1 rings (SSSR count). The van der Waals surface area contributed by atoms with E-state index >= 15 is 0 Å². The Hall–Kier alpha value is -1.72. The number of carbonyl (C=O) groups is 2. The van der Waals surface area contributed by atoms with Gasteiger partial charge in [0.1, 0.15) is 0 Å². The number of rotatable bonds is 10. The van der Waals surface area contributed by atoms with E-state index < -0.39 is 0 Å². The molecule has 6 nitrogen and oxygen atoms in total. The van der Waals surface area contributed by atoms with Crippen molar-refractivity contribution in [3.63, 3.8) is 0 Å². The van der Waals surface area contributed by atoms with Crippen LogP contribution in [0.5, 0.6) is 0 Å². The molecule has 0 amide bonds. The molecule has 0 bridgehead atoms. The SMILES string of the molecule is CCCCCC(=O)c1no[n+]([O-])c1C(=O)CCCCC. The summed E-state index contributed by atoms with van der Waals surface area (Å²) < 4.78 is 4.42. The molecule has 0 saturated carbocycles. The Bertz CT molecular complexity index is 454. The predicted molar refractivity (Wildman–Crippen MR) is 72.4 cm³/mol. The molecule has 1 aromatic rings. The van der Waals surface area contributed by atoms with Gasteiger partial charge in [0.25, 0.3) is 11.4 Å². The largest absolute Gasteiger partial charge is 0.359 e. The van der Waals surface area contributed by atoms with Gasteiger partial charge in [-0.1, -0.05) is 39.5 Å². The lowest BCUT2D eigenvalue weighted by atomic mass is 10.0. The molecule has 20 heavy (non-hydrogen) atoms. The van der Waals surface area contributed by atoms with Crippen LogP contribution in [0.2, 0.25) is 0 Å². The number of ketones is 2. The predicted octanol–water partition coefficient (Wildman–Crippen LogP) is 2.83. The normalized spacial score (nSPS) is 10.7. The van der Waals surface area contributed by atoms with Gasteiger partial charge < -0.3 is 5.21 Å². The summed E-state index contributed by atoms with van der Waals surface area (Å²) >= 11 is 0. The van der Waals surface area contributed by atoms with E-state index in [0.29, 0.717) is 6.42 Å². The van der Waals surface area contributed by atoms with Gasteiger partial charge in [-0.25, -0.2) is 0 Å². The molecule has 0 fully saturated rings. The minimum absolute atomic E-state index is 0.0569. The maximum atomic E-state index is 12.0. The second-order valence-electron chi connectivity index (χ2n) is 4.89. The van der Waals surface area contributed by atoms with Gasteiger partial charge in [-0.2, -0.15) is 0 Å². The molecule has 0 saturated heterocycles. The van der Waals surface area contributed by atoms with Crippen molar-refractivity contribution in [3.05, 3.63) is 16.6 Å². The van der Waals surface area contributed by atoms with Crippen LogP contribution in [-0.4, -0.2) is 16.7 Å². The van der Waals surface area contributed by atoms with Crippen molar-refractivity contribution >= 4 is 11.6 Å². The molecule has 0 radical (unpaired) electrons. The summed E-state index contributed by atoms with van der Waals surface area (Å²) in [6.07, 6.45) is 5.78. The molecule has 0 N–H and O–H groups in total. The number of nitrogens with zero attached hydrogens (tertiary/aromatic N) is 2. The molecule has 0 spiro atoms. The summed E-state index contributed by atoms with van der Waals surface area (Å²) in [6, 6.07) is 0. The number of hydrogen-bond acceptors (Lipinski definition) is 5. The summed E-state index contributed by atoms with van der Waals surface area (Å²) in [5.41, 5.74) is -0.347. The molecule has 0 aromatic carbocycles. The fourth-order valence-electron chi connectivity index (χ4n) is 1.97. The first-order valence-corrected chi connectivity index (χ1v) is 7.27. The van der Waals surface area contributed by atoms with E-state index in [0.717, 1.165) is 32.1 Å². The van der Waals surface area contributed by atoms with Crippen LogP contribution in [-0.2, 0) is 0 Å². The van der Waals surface area contributed by atoms with Crippen molar-refractivity contribution in [1.29, 1.82) is 0 Å². The van der Waals surface area contributed by atoms with Crippen LogP contribution in [0, 0.1) is 5.21 Å². The van der Waals surface area contributed by atoms with Gasteiger partial charge in [-0.05, 0) is 17.7 Å². The lowest BCUT2D eigenvalue weighted by Crippen LogP contribution is -2.32. The highest BCUT2D eigenvalue weighted by atomic mass is 16.8. The summed E-state index contributed by atoms with van der Waals surface area (Å²) in [5, 5.41) is 14.9. The van der Waals surface area contributed by atoms with Crippen molar-refractivity contribution in [2.75, 3.05) is 0 Å². The van der Waals surface area contributed by atoms with Gasteiger partial charge in [0, 0.05) is 12.8 Å². The molecular formula is C14H22N2O4. The highest BCUT2D eigenvalue weighted by Gasteiger charge is 2.30. The molecule has 0 aliphatic heterocycles. The quantitative estimate of drug-likeness (QED) is 0.374. The van der Waals surface area contributed by atoms with Crippen LogP contribution in [0.3, 0.4) is 0 Å². The second kappa shape index (κ2) is 8.45. The Labute approximate surface area is 118 Å². The Morgan fingerprint density at radius 2 is 1.60 bits per heavy atom. The lowest BCUT2D eigenvalue weighted by Gasteiger charge is -1.98. The van der Waals surface area contributed by atoms with Crippen LogP contribution in [0.1, 0.15) is 86.2 Å². The Kier molecular flexibility index (Phi) is 6.90. The van der Waals surface area contributed by atoms with Crippen LogP contribution in [0.15, 0.2) is 4.63 Å². The molecule has 0 aliphatic rings. The number of hydrogen-bond donors (Lipinski definition) is 0. The number of aromatic nitrogens is 2. The fraction of sp³-hybridized carbons (Fsp3) is 0.714. The Balaban J connectivity index is 2.73. The van der Waals surface area contributed by atoms with Gasteiger partial charge in [-0.3, -0.25) is 14.2 Å².